The SMILES string of the molecule is CCc1nnc(NCC2(CCCl)CC2)nc1CC. The molecule has 100 valence electrons. The van der Waals surface area contributed by atoms with Gasteiger partial charge >= 0.3 is 0 Å². The van der Waals surface area contributed by atoms with Gasteiger partial charge in [-0.2, -0.15) is 5.10 Å². The molecule has 0 radical (unpaired) electrons. The van der Waals surface area contributed by atoms with E-state index in [0.717, 1.165) is 43.1 Å². The highest BCUT2D eigenvalue weighted by Crippen LogP contribution is 2.48. The largest absolute Gasteiger partial charge is 0.352 e. The molecule has 0 spiro atoms. The lowest BCUT2D eigenvalue weighted by Gasteiger charge is -2.14. The van der Waals surface area contributed by atoms with Crippen LogP contribution in [-0.2, 0) is 12.8 Å². The van der Waals surface area contributed by atoms with Crippen molar-refractivity contribution in [1.29, 1.82) is 0 Å². The summed E-state index contributed by atoms with van der Waals surface area (Å²) in [5, 5.41) is 11.7. The maximum Gasteiger partial charge on any atom is 0.242 e. The van der Waals surface area contributed by atoms with E-state index in [1.54, 1.807) is 0 Å². The number of rotatable bonds is 7. The molecule has 1 heterocycles. The predicted molar refractivity (Wildman–Crippen MR) is 74.1 cm³/mol. The molecule has 1 N–H and O–H groups in total. The highest BCUT2D eigenvalue weighted by Gasteiger charge is 2.41. The Balaban J connectivity index is 1.97. The average Bonchev–Trinajstić information content (AvgIpc) is 3.16. The molecule has 0 aromatic carbocycles. The molecular formula is C13H21ClN4. The summed E-state index contributed by atoms with van der Waals surface area (Å²) in [6.45, 7) is 5.09. The van der Waals surface area contributed by atoms with Gasteiger partial charge in [0.05, 0.1) is 11.4 Å². The van der Waals surface area contributed by atoms with Gasteiger partial charge < -0.3 is 5.32 Å². The van der Waals surface area contributed by atoms with E-state index in [-0.39, 0.29) is 0 Å². The molecule has 0 amide bonds. The lowest BCUT2D eigenvalue weighted by atomic mass is 10.0. The van der Waals surface area contributed by atoms with Crippen molar-refractivity contribution in [2.75, 3.05) is 17.7 Å². The first-order valence-electron chi connectivity index (χ1n) is 6.75. The van der Waals surface area contributed by atoms with Crippen LogP contribution in [0.5, 0.6) is 0 Å². The average molecular weight is 269 g/mol. The van der Waals surface area contributed by atoms with E-state index >= 15 is 0 Å². The lowest BCUT2D eigenvalue weighted by molar-refractivity contribution is 0.522. The van der Waals surface area contributed by atoms with E-state index in [0.29, 0.717) is 11.4 Å². The summed E-state index contributed by atoms with van der Waals surface area (Å²) in [4.78, 5) is 4.54. The van der Waals surface area contributed by atoms with Crippen LogP contribution < -0.4 is 5.32 Å². The molecule has 0 atom stereocenters. The minimum Gasteiger partial charge on any atom is -0.352 e. The maximum atomic E-state index is 5.82. The van der Waals surface area contributed by atoms with E-state index in [1.165, 1.54) is 12.8 Å². The zero-order valence-electron chi connectivity index (χ0n) is 11.2. The van der Waals surface area contributed by atoms with Gasteiger partial charge in [0.15, 0.2) is 0 Å². The van der Waals surface area contributed by atoms with Crippen molar-refractivity contribution in [3.05, 3.63) is 11.4 Å². The zero-order chi connectivity index (χ0) is 13.0. The fourth-order valence-corrected chi connectivity index (χ4v) is 2.57. The Labute approximate surface area is 114 Å². The summed E-state index contributed by atoms with van der Waals surface area (Å²) in [7, 11) is 0. The van der Waals surface area contributed by atoms with Gasteiger partial charge in [-0.15, -0.1) is 16.7 Å². The van der Waals surface area contributed by atoms with Gasteiger partial charge in [0.25, 0.3) is 0 Å². The predicted octanol–water partition coefficient (Wildman–Crippen LogP) is 2.82. The van der Waals surface area contributed by atoms with Gasteiger partial charge in [-0.05, 0) is 37.5 Å². The minimum atomic E-state index is 0.390. The molecule has 0 saturated heterocycles. The Morgan fingerprint density at radius 3 is 2.44 bits per heavy atom. The van der Waals surface area contributed by atoms with Crippen LogP contribution in [0.25, 0.3) is 0 Å². The Bertz CT molecular complexity index is 404. The fraction of sp³-hybridized carbons (Fsp3) is 0.769. The molecule has 18 heavy (non-hydrogen) atoms. The van der Waals surface area contributed by atoms with Crippen molar-refractivity contribution in [1.82, 2.24) is 15.2 Å². The smallest absolute Gasteiger partial charge is 0.242 e. The number of anilines is 1. The van der Waals surface area contributed by atoms with Gasteiger partial charge in [0, 0.05) is 12.4 Å². The Morgan fingerprint density at radius 1 is 1.17 bits per heavy atom. The monoisotopic (exact) mass is 268 g/mol. The summed E-state index contributed by atoms with van der Waals surface area (Å²) in [6.07, 6.45) is 5.38. The first-order valence-corrected chi connectivity index (χ1v) is 7.29. The quantitative estimate of drug-likeness (QED) is 0.773. The van der Waals surface area contributed by atoms with Crippen LogP contribution in [0, 0.1) is 5.41 Å². The van der Waals surface area contributed by atoms with E-state index in [2.05, 4.69) is 34.3 Å². The summed E-state index contributed by atoms with van der Waals surface area (Å²) in [6, 6.07) is 0. The second kappa shape index (κ2) is 5.83. The third-order valence-electron chi connectivity index (χ3n) is 3.71. The molecule has 0 unspecified atom stereocenters. The van der Waals surface area contributed by atoms with Gasteiger partial charge in [0.2, 0.25) is 5.95 Å². The topological polar surface area (TPSA) is 50.7 Å². The Hall–Kier alpha value is -0.900. The summed E-state index contributed by atoms with van der Waals surface area (Å²) < 4.78 is 0. The van der Waals surface area contributed by atoms with E-state index < -0.39 is 0 Å². The van der Waals surface area contributed by atoms with Crippen molar-refractivity contribution >= 4 is 17.5 Å². The van der Waals surface area contributed by atoms with Gasteiger partial charge in [-0.3, -0.25) is 0 Å². The van der Waals surface area contributed by atoms with Crippen molar-refractivity contribution in [2.45, 2.75) is 46.0 Å². The van der Waals surface area contributed by atoms with Crippen LogP contribution in [0.2, 0.25) is 0 Å². The summed E-state index contributed by atoms with van der Waals surface area (Å²) in [5.74, 6) is 1.39. The van der Waals surface area contributed by atoms with Crippen LogP contribution in [0.3, 0.4) is 0 Å². The molecule has 1 aromatic rings. The van der Waals surface area contributed by atoms with Crippen molar-refractivity contribution in [3.63, 3.8) is 0 Å². The number of nitrogens with zero attached hydrogens (tertiary/aromatic N) is 3. The van der Waals surface area contributed by atoms with Crippen molar-refractivity contribution < 1.29 is 0 Å². The number of aryl methyl sites for hydroxylation is 2. The minimum absolute atomic E-state index is 0.390. The number of aromatic nitrogens is 3. The lowest BCUT2D eigenvalue weighted by Crippen LogP contribution is -2.18. The van der Waals surface area contributed by atoms with Crippen LogP contribution in [0.1, 0.15) is 44.5 Å². The molecule has 1 aromatic heterocycles. The molecule has 1 aliphatic rings. The fourth-order valence-electron chi connectivity index (χ4n) is 2.17. The second-order valence-corrected chi connectivity index (χ2v) is 5.41. The standard InChI is InChI=1S/C13H21ClN4/c1-3-10-11(4-2)17-18-12(16-10)15-9-13(5-6-13)7-8-14/h3-9H2,1-2H3,(H,15,16,18). The number of hydrogen-bond donors (Lipinski definition) is 1. The van der Waals surface area contributed by atoms with Crippen molar-refractivity contribution in [2.24, 2.45) is 5.41 Å². The van der Waals surface area contributed by atoms with Gasteiger partial charge in [-0.25, -0.2) is 4.98 Å². The third kappa shape index (κ3) is 3.10. The first-order chi connectivity index (χ1) is 8.73. The molecular weight excluding hydrogens is 248 g/mol. The number of hydrogen-bond acceptors (Lipinski definition) is 4. The molecule has 1 saturated carbocycles. The van der Waals surface area contributed by atoms with Crippen LogP contribution >= 0.6 is 11.6 Å². The molecule has 5 heteroatoms. The molecule has 1 aliphatic carbocycles. The van der Waals surface area contributed by atoms with Crippen LogP contribution in [0.15, 0.2) is 0 Å². The van der Waals surface area contributed by atoms with E-state index in [4.69, 9.17) is 11.6 Å². The van der Waals surface area contributed by atoms with Gasteiger partial charge in [-0.1, -0.05) is 13.8 Å². The zero-order valence-corrected chi connectivity index (χ0v) is 11.9. The summed E-state index contributed by atoms with van der Waals surface area (Å²) in [5.41, 5.74) is 2.45. The molecule has 0 aliphatic heterocycles. The highest BCUT2D eigenvalue weighted by molar-refractivity contribution is 6.17. The third-order valence-corrected chi connectivity index (χ3v) is 3.90. The Kier molecular flexibility index (Phi) is 4.38. The Morgan fingerprint density at radius 2 is 1.89 bits per heavy atom. The molecule has 4 nitrogen and oxygen atoms in total. The van der Waals surface area contributed by atoms with Crippen molar-refractivity contribution in [3.8, 4) is 0 Å². The number of halogens is 1. The maximum absolute atomic E-state index is 5.82. The van der Waals surface area contributed by atoms with Crippen LogP contribution in [0.4, 0.5) is 5.95 Å². The molecule has 2 rings (SSSR count). The highest BCUT2D eigenvalue weighted by atomic mass is 35.5. The van der Waals surface area contributed by atoms with E-state index in [9.17, 15) is 0 Å². The molecule has 1 fully saturated rings. The second-order valence-electron chi connectivity index (χ2n) is 5.03. The van der Waals surface area contributed by atoms with E-state index in [1.807, 2.05) is 0 Å². The normalized spacial score (nSPS) is 16.6. The van der Waals surface area contributed by atoms with Gasteiger partial charge in [0.1, 0.15) is 0 Å². The van der Waals surface area contributed by atoms with Crippen LogP contribution in [-0.4, -0.2) is 27.6 Å². The molecule has 0 bridgehead atoms. The number of nitrogens with one attached hydrogen (secondary N) is 1. The first kappa shape index (κ1) is 13.5. The number of alkyl halides is 1. The summed E-state index contributed by atoms with van der Waals surface area (Å²) >= 11 is 5.82.